The molecule has 1 aromatic carbocycles. The van der Waals surface area contributed by atoms with E-state index in [0.717, 1.165) is 20.8 Å². The number of hydrogen-bond acceptors (Lipinski definition) is 6. The molecule has 0 aliphatic rings. The first-order chi connectivity index (χ1) is 9.58. The van der Waals surface area contributed by atoms with Gasteiger partial charge in [-0.3, -0.25) is 0 Å². The fourth-order valence-electron chi connectivity index (χ4n) is 1.64. The van der Waals surface area contributed by atoms with Crippen molar-refractivity contribution in [2.45, 2.75) is 21.9 Å². The van der Waals surface area contributed by atoms with Gasteiger partial charge in [0.15, 0.2) is 11.0 Å². The number of nitrogens with two attached hydrogens (primary N) is 1. The third-order valence-electron chi connectivity index (χ3n) is 2.83. The van der Waals surface area contributed by atoms with Crippen molar-refractivity contribution in [3.8, 4) is 0 Å². The van der Waals surface area contributed by atoms with Crippen LogP contribution >= 0.6 is 23.5 Å². The lowest BCUT2D eigenvalue weighted by Crippen LogP contribution is -2.15. The van der Waals surface area contributed by atoms with E-state index in [9.17, 15) is 0 Å². The molecule has 0 unspecified atom stereocenters. The Labute approximate surface area is 125 Å². The summed E-state index contributed by atoms with van der Waals surface area (Å²) in [7, 11) is 1.90. The second-order valence-electron chi connectivity index (χ2n) is 4.01. The molecule has 0 aliphatic carbocycles. The number of amidine groups is 1. The lowest BCUT2D eigenvalue weighted by Gasteiger charge is -2.11. The van der Waals surface area contributed by atoms with Crippen LogP contribution in [0.2, 0.25) is 0 Å². The topological polar surface area (TPSA) is 89.3 Å². The molecular weight excluding hydrogens is 294 g/mol. The summed E-state index contributed by atoms with van der Waals surface area (Å²) in [5, 5.41) is 21.0. The highest BCUT2D eigenvalue weighted by Crippen LogP contribution is 2.33. The maximum absolute atomic E-state index is 8.97. The lowest BCUT2D eigenvalue weighted by atomic mass is 10.2. The molecule has 0 spiro atoms. The summed E-state index contributed by atoms with van der Waals surface area (Å²) in [6, 6.07) is 5.79. The van der Waals surface area contributed by atoms with Gasteiger partial charge in [0.2, 0.25) is 0 Å². The molecule has 106 valence electrons. The normalized spacial score (nSPS) is 11.8. The van der Waals surface area contributed by atoms with Gasteiger partial charge >= 0.3 is 0 Å². The van der Waals surface area contributed by atoms with Gasteiger partial charge < -0.3 is 15.5 Å². The molecule has 6 nitrogen and oxygen atoms in total. The smallest absolute Gasteiger partial charge is 0.195 e. The monoisotopic (exact) mass is 309 g/mol. The van der Waals surface area contributed by atoms with Crippen molar-refractivity contribution in [1.82, 2.24) is 14.8 Å². The minimum atomic E-state index is 0.0938. The van der Waals surface area contributed by atoms with Crippen LogP contribution in [0.3, 0.4) is 0 Å². The molecule has 0 bridgehead atoms. The second kappa shape index (κ2) is 6.19. The molecule has 0 aliphatic heterocycles. The highest BCUT2D eigenvalue weighted by atomic mass is 32.2. The zero-order valence-electron chi connectivity index (χ0n) is 11.4. The molecule has 0 atom stereocenters. The van der Waals surface area contributed by atoms with E-state index >= 15 is 0 Å². The van der Waals surface area contributed by atoms with Gasteiger partial charge in [-0.05, 0) is 37.1 Å². The van der Waals surface area contributed by atoms with Gasteiger partial charge in [0, 0.05) is 22.4 Å². The third-order valence-corrected chi connectivity index (χ3v) is 4.70. The van der Waals surface area contributed by atoms with Gasteiger partial charge in [-0.25, -0.2) is 0 Å². The molecule has 1 aromatic heterocycles. The molecule has 20 heavy (non-hydrogen) atoms. The number of hydrogen-bond donors (Lipinski definition) is 2. The molecule has 2 rings (SSSR count). The Morgan fingerprint density at radius 1 is 1.35 bits per heavy atom. The van der Waals surface area contributed by atoms with Gasteiger partial charge in [-0.15, -0.1) is 22.0 Å². The number of thioether (sulfide) groups is 1. The van der Waals surface area contributed by atoms with Crippen molar-refractivity contribution >= 4 is 29.4 Å². The Morgan fingerprint density at radius 3 is 2.60 bits per heavy atom. The molecule has 0 radical (unpaired) electrons. The number of aromatic nitrogens is 3. The summed E-state index contributed by atoms with van der Waals surface area (Å²) in [5.41, 5.74) is 6.51. The SMILES string of the molecule is CSc1cccc(Sc2nnc(C)n2C)c1/C(N)=N/O. The van der Waals surface area contributed by atoms with Crippen LogP contribution in [0.4, 0.5) is 0 Å². The van der Waals surface area contributed by atoms with Crippen molar-refractivity contribution in [3.05, 3.63) is 29.6 Å². The minimum Gasteiger partial charge on any atom is -0.409 e. The van der Waals surface area contributed by atoms with E-state index in [4.69, 9.17) is 10.9 Å². The van der Waals surface area contributed by atoms with E-state index in [1.165, 1.54) is 11.8 Å². The molecule has 0 saturated heterocycles. The van der Waals surface area contributed by atoms with Gasteiger partial charge in [0.1, 0.15) is 5.82 Å². The molecule has 8 heteroatoms. The Balaban J connectivity index is 2.49. The fourth-order valence-corrected chi connectivity index (χ4v) is 3.35. The molecule has 2 aromatic rings. The maximum Gasteiger partial charge on any atom is 0.195 e. The fraction of sp³-hybridized carbons (Fsp3) is 0.250. The zero-order valence-corrected chi connectivity index (χ0v) is 13.0. The Morgan fingerprint density at radius 2 is 2.05 bits per heavy atom. The number of nitrogens with zero attached hydrogens (tertiary/aromatic N) is 4. The van der Waals surface area contributed by atoms with Crippen LogP contribution < -0.4 is 5.73 Å². The van der Waals surface area contributed by atoms with Gasteiger partial charge in [0.05, 0.1) is 0 Å². The number of benzene rings is 1. The highest BCUT2D eigenvalue weighted by molar-refractivity contribution is 7.99. The summed E-state index contributed by atoms with van der Waals surface area (Å²) >= 11 is 2.98. The van der Waals surface area contributed by atoms with E-state index < -0.39 is 0 Å². The van der Waals surface area contributed by atoms with Crippen LogP contribution in [0.15, 0.2) is 38.3 Å². The van der Waals surface area contributed by atoms with Crippen LogP contribution in [0, 0.1) is 6.92 Å². The molecular formula is C12H15N5OS2. The average Bonchev–Trinajstić information content (AvgIpc) is 2.78. The third kappa shape index (κ3) is 2.75. The van der Waals surface area contributed by atoms with E-state index in [2.05, 4.69) is 15.4 Å². The van der Waals surface area contributed by atoms with Crippen molar-refractivity contribution in [1.29, 1.82) is 0 Å². The van der Waals surface area contributed by atoms with Crippen molar-refractivity contribution in [3.63, 3.8) is 0 Å². The molecule has 0 amide bonds. The minimum absolute atomic E-state index is 0.0938. The van der Waals surface area contributed by atoms with Crippen molar-refractivity contribution < 1.29 is 5.21 Å². The van der Waals surface area contributed by atoms with Gasteiger partial charge in [-0.2, -0.15) is 0 Å². The second-order valence-corrected chi connectivity index (χ2v) is 5.87. The number of aryl methyl sites for hydroxylation is 1. The van der Waals surface area contributed by atoms with Crippen molar-refractivity contribution in [2.75, 3.05) is 6.26 Å². The molecule has 0 saturated carbocycles. The summed E-state index contributed by atoms with van der Waals surface area (Å²) in [6.07, 6.45) is 1.95. The van der Waals surface area contributed by atoms with Crippen LogP contribution in [-0.4, -0.2) is 32.1 Å². The van der Waals surface area contributed by atoms with Crippen molar-refractivity contribution in [2.24, 2.45) is 17.9 Å². The lowest BCUT2D eigenvalue weighted by molar-refractivity contribution is 0.318. The van der Waals surface area contributed by atoms with E-state index in [0.29, 0.717) is 5.56 Å². The Hall–Kier alpha value is -1.67. The molecule has 0 fully saturated rings. The number of rotatable bonds is 4. The van der Waals surface area contributed by atoms with E-state index in [-0.39, 0.29) is 5.84 Å². The number of oxime groups is 1. The van der Waals surface area contributed by atoms with E-state index in [1.54, 1.807) is 11.8 Å². The first-order valence-electron chi connectivity index (χ1n) is 5.77. The summed E-state index contributed by atoms with van der Waals surface area (Å²) in [6.45, 7) is 1.89. The summed E-state index contributed by atoms with van der Waals surface area (Å²) < 4.78 is 1.90. The molecule has 3 N–H and O–H groups in total. The predicted octanol–water partition coefficient (Wildman–Crippen LogP) is 2.09. The standard InChI is InChI=1S/C12H15N5OS2/c1-7-14-15-12(17(7)2)20-9-6-4-5-8(19-3)10(9)11(13)16-18/h4-6,18H,1-3H3,(H2,13,16). The van der Waals surface area contributed by atoms with Crippen LogP contribution in [0.5, 0.6) is 0 Å². The van der Waals surface area contributed by atoms with Crippen LogP contribution in [0.1, 0.15) is 11.4 Å². The Kier molecular flexibility index (Phi) is 4.56. The molecule has 1 heterocycles. The predicted molar refractivity (Wildman–Crippen MR) is 80.6 cm³/mol. The maximum atomic E-state index is 8.97. The highest BCUT2D eigenvalue weighted by Gasteiger charge is 2.16. The summed E-state index contributed by atoms with van der Waals surface area (Å²) in [4.78, 5) is 1.83. The van der Waals surface area contributed by atoms with Gasteiger partial charge in [0.25, 0.3) is 0 Å². The van der Waals surface area contributed by atoms with Gasteiger partial charge in [-0.1, -0.05) is 11.2 Å². The quantitative estimate of drug-likeness (QED) is 0.295. The van der Waals surface area contributed by atoms with E-state index in [1.807, 2.05) is 43.0 Å². The van der Waals surface area contributed by atoms with Crippen LogP contribution in [-0.2, 0) is 7.05 Å². The largest absolute Gasteiger partial charge is 0.409 e. The average molecular weight is 309 g/mol. The van der Waals surface area contributed by atoms with Crippen LogP contribution in [0.25, 0.3) is 0 Å². The first-order valence-corrected chi connectivity index (χ1v) is 7.81. The first kappa shape index (κ1) is 14.7. The summed E-state index contributed by atoms with van der Waals surface area (Å²) in [5.74, 6) is 0.926. The zero-order chi connectivity index (χ0) is 14.7. The Bertz CT molecular complexity index is 653.